The number of nitrogens with one attached hydrogen (secondary N) is 3. The smallest absolute Gasteiger partial charge is 0.292 e. The topological polar surface area (TPSA) is 96.3 Å². The van der Waals surface area contributed by atoms with E-state index in [0.717, 1.165) is 0 Å². The van der Waals surface area contributed by atoms with E-state index in [1.54, 1.807) is 6.07 Å². The van der Waals surface area contributed by atoms with Crippen LogP contribution in [0.2, 0.25) is 0 Å². The second kappa shape index (κ2) is 8.44. The number of carbonyl (C=O) groups is 1. The van der Waals surface area contributed by atoms with E-state index in [0.29, 0.717) is 0 Å². The SMILES string of the molecule is O=C(CF)NC(NC(=S)Nc1ccccc1[N+](=O)[O-])C(Cl)(Cl)Cl. The molecule has 1 atom stereocenters. The van der Waals surface area contributed by atoms with Gasteiger partial charge in [0.1, 0.15) is 11.9 Å². The zero-order chi connectivity index (χ0) is 17.6. The van der Waals surface area contributed by atoms with Crippen molar-refractivity contribution in [2.24, 2.45) is 0 Å². The first-order valence-electron chi connectivity index (χ1n) is 5.88. The van der Waals surface area contributed by atoms with Crippen molar-refractivity contribution in [1.82, 2.24) is 10.6 Å². The monoisotopic (exact) mass is 402 g/mol. The highest BCUT2D eigenvalue weighted by Crippen LogP contribution is 2.29. The Hall–Kier alpha value is -1.42. The van der Waals surface area contributed by atoms with Crippen LogP contribution in [-0.4, -0.2) is 32.6 Å². The van der Waals surface area contributed by atoms with Crippen LogP contribution in [0.1, 0.15) is 0 Å². The summed E-state index contributed by atoms with van der Waals surface area (Å²) in [5.41, 5.74) is -0.134. The van der Waals surface area contributed by atoms with E-state index in [1.165, 1.54) is 18.2 Å². The van der Waals surface area contributed by atoms with E-state index in [2.05, 4.69) is 16.0 Å². The van der Waals surface area contributed by atoms with Gasteiger partial charge in [0.2, 0.25) is 3.79 Å². The molecule has 0 saturated carbocycles. The average Bonchev–Trinajstić information content (AvgIpc) is 2.45. The molecule has 23 heavy (non-hydrogen) atoms. The number of alkyl halides is 4. The summed E-state index contributed by atoms with van der Waals surface area (Å²) in [6.45, 7) is -1.32. The Balaban J connectivity index is 2.84. The molecule has 3 N–H and O–H groups in total. The zero-order valence-electron chi connectivity index (χ0n) is 11.2. The lowest BCUT2D eigenvalue weighted by Gasteiger charge is -2.27. The van der Waals surface area contributed by atoms with Crippen LogP contribution in [0.4, 0.5) is 15.8 Å². The number of carbonyl (C=O) groups excluding carboxylic acids is 1. The van der Waals surface area contributed by atoms with Crippen molar-refractivity contribution in [2.75, 3.05) is 12.0 Å². The van der Waals surface area contributed by atoms with Crippen molar-refractivity contribution in [2.45, 2.75) is 9.96 Å². The molecule has 0 spiro atoms. The first-order valence-corrected chi connectivity index (χ1v) is 7.42. The lowest BCUT2D eigenvalue weighted by molar-refractivity contribution is -0.383. The Kier molecular flexibility index (Phi) is 7.20. The maximum Gasteiger partial charge on any atom is 0.292 e. The third kappa shape index (κ3) is 6.30. The Labute approximate surface area is 150 Å². The van der Waals surface area contributed by atoms with Gasteiger partial charge >= 0.3 is 0 Å². The van der Waals surface area contributed by atoms with Gasteiger partial charge in [0.25, 0.3) is 11.6 Å². The number of nitrogens with zero attached hydrogens (tertiary/aromatic N) is 1. The van der Waals surface area contributed by atoms with Crippen molar-refractivity contribution < 1.29 is 14.1 Å². The van der Waals surface area contributed by atoms with E-state index in [-0.39, 0.29) is 16.5 Å². The number of halogens is 4. The number of nitro groups is 1. The van der Waals surface area contributed by atoms with Crippen molar-refractivity contribution >= 4 is 69.4 Å². The third-order valence-corrected chi connectivity index (χ3v) is 3.25. The summed E-state index contributed by atoms with van der Waals surface area (Å²) < 4.78 is 10.2. The van der Waals surface area contributed by atoms with Gasteiger partial charge in [-0.3, -0.25) is 14.9 Å². The standard InChI is InChI=1S/C11H10Cl3FN4O3S/c12-11(13,14)9(17-8(20)5-15)18-10(23)16-6-3-1-2-4-7(6)19(21)22/h1-4,9H,5H2,(H,17,20)(H2,16,18,23). The van der Waals surface area contributed by atoms with Gasteiger partial charge in [-0.25, -0.2) is 4.39 Å². The molecule has 7 nitrogen and oxygen atoms in total. The molecule has 0 aromatic heterocycles. The lowest BCUT2D eigenvalue weighted by atomic mass is 10.3. The van der Waals surface area contributed by atoms with Gasteiger partial charge in [0.15, 0.2) is 11.8 Å². The van der Waals surface area contributed by atoms with Gasteiger partial charge < -0.3 is 16.0 Å². The fourth-order valence-electron chi connectivity index (χ4n) is 1.43. The van der Waals surface area contributed by atoms with Gasteiger partial charge in [0.05, 0.1) is 4.92 Å². The van der Waals surface area contributed by atoms with E-state index in [1.807, 2.05) is 0 Å². The van der Waals surface area contributed by atoms with Crippen LogP contribution in [0.3, 0.4) is 0 Å². The molecule has 0 bridgehead atoms. The van der Waals surface area contributed by atoms with Crippen molar-refractivity contribution in [3.63, 3.8) is 0 Å². The maximum absolute atomic E-state index is 12.3. The second-order valence-corrected chi connectivity index (χ2v) is 6.83. The van der Waals surface area contributed by atoms with Gasteiger partial charge in [-0.1, -0.05) is 46.9 Å². The minimum Gasteiger partial charge on any atom is -0.339 e. The van der Waals surface area contributed by atoms with Crippen molar-refractivity contribution in [3.8, 4) is 0 Å². The summed E-state index contributed by atoms with van der Waals surface area (Å²) in [5, 5.41) is 17.8. The first-order chi connectivity index (χ1) is 10.6. The summed E-state index contributed by atoms with van der Waals surface area (Å²) in [5.74, 6) is -1.03. The Morgan fingerprint density at radius 2 is 1.96 bits per heavy atom. The molecular weight excluding hydrogens is 394 g/mol. The highest BCUT2D eigenvalue weighted by atomic mass is 35.6. The fraction of sp³-hybridized carbons (Fsp3) is 0.273. The van der Waals surface area contributed by atoms with E-state index in [4.69, 9.17) is 47.0 Å². The maximum atomic E-state index is 12.3. The number of amides is 1. The first kappa shape index (κ1) is 19.6. The number of anilines is 1. The number of thiocarbonyl (C=S) groups is 1. The number of hydrogen-bond donors (Lipinski definition) is 3. The molecular formula is C11H10Cl3FN4O3S. The molecule has 1 unspecified atom stereocenters. The van der Waals surface area contributed by atoms with E-state index < -0.39 is 27.5 Å². The minimum atomic E-state index is -2.04. The van der Waals surface area contributed by atoms with Crippen LogP contribution in [0.5, 0.6) is 0 Å². The number of hydrogen-bond acceptors (Lipinski definition) is 4. The third-order valence-electron chi connectivity index (χ3n) is 2.38. The molecule has 0 fully saturated rings. The van der Waals surface area contributed by atoms with E-state index >= 15 is 0 Å². The molecule has 12 heteroatoms. The Morgan fingerprint density at radius 1 is 1.35 bits per heavy atom. The molecule has 1 aromatic carbocycles. The van der Waals surface area contributed by atoms with Gasteiger partial charge in [-0.15, -0.1) is 0 Å². The molecule has 126 valence electrons. The predicted octanol–water partition coefficient (Wildman–Crippen LogP) is 2.66. The minimum absolute atomic E-state index is 0.0925. The number of benzene rings is 1. The lowest BCUT2D eigenvalue weighted by Crippen LogP contribution is -2.56. The van der Waals surface area contributed by atoms with Crippen LogP contribution in [0.25, 0.3) is 0 Å². The molecule has 1 aromatic rings. The van der Waals surface area contributed by atoms with Crippen LogP contribution in [0.15, 0.2) is 24.3 Å². The fourth-order valence-corrected chi connectivity index (χ4v) is 1.98. The van der Waals surface area contributed by atoms with Gasteiger partial charge in [0, 0.05) is 6.07 Å². The molecule has 0 saturated heterocycles. The number of rotatable bonds is 5. The van der Waals surface area contributed by atoms with Crippen molar-refractivity contribution in [3.05, 3.63) is 34.4 Å². The largest absolute Gasteiger partial charge is 0.339 e. The van der Waals surface area contributed by atoms with E-state index in [9.17, 15) is 19.3 Å². The summed E-state index contributed by atoms with van der Waals surface area (Å²) in [6, 6.07) is 5.71. The normalized spacial score (nSPS) is 12.2. The molecule has 0 heterocycles. The summed E-state index contributed by atoms with van der Waals surface area (Å²) >= 11 is 21.9. The van der Waals surface area contributed by atoms with Crippen molar-refractivity contribution in [1.29, 1.82) is 0 Å². The Bertz CT molecular complexity index is 614. The zero-order valence-corrected chi connectivity index (χ0v) is 14.3. The quantitative estimate of drug-likeness (QED) is 0.230. The van der Waals surface area contributed by atoms with Gasteiger partial charge in [-0.2, -0.15) is 0 Å². The van der Waals surface area contributed by atoms with Crippen LogP contribution < -0.4 is 16.0 Å². The average molecular weight is 404 g/mol. The molecule has 1 amide bonds. The molecule has 0 aliphatic heterocycles. The van der Waals surface area contributed by atoms with Gasteiger partial charge in [-0.05, 0) is 18.3 Å². The van der Waals surface area contributed by atoms with Crippen LogP contribution >= 0.6 is 47.0 Å². The highest BCUT2D eigenvalue weighted by Gasteiger charge is 2.34. The molecule has 0 aliphatic carbocycles. The highest BCUT2D eigenvalue weighted by molar-refractivity contribution is 7.80. The van der Waals surface area contributed by atoms with Crippen LogP contribution in [0, 0.1) is 10.1 Å². The number of para-hydroxylation sites is 2. The summed E-state index contributed by atoms with van der Waals surface area (Å²) in [7, 11) is 0. The molecule has 0 aliphatic rings. The Morgan fingerprint density at radius 3 is 2.48 bits per heavy atom. The second-order valence-electron chi connectivity index (χ2n) is 4.05. The molecule has 0 radical (unpaired) electrons. The summed E-state index contributed by atoms with van der Waals surface area (Å²) in [6.07, 6.45) is -1.35. The summed E-state index contributed by atoms with van der Waals surface area (Å²) in [4.78, 5) is 21.4. The predicted molar refractivity (Wildman–Crippen MR) is 90.6 cm³/mol. The number of nitro benzene ring substituents is 1. The molecule has 1 rings (SSSR count). The van der Waals surface area contributed by atoms with Crippen LogP contribution in [-0.2, 0) is 4.79 Å².